The molecule has 3 aromatic rings. The fourth-order valence-corrected chi connectivity index (χ4v) is 3.42. The van der Waals surface area contributed by atoms with E-state index in [9.17, 15) is 0 Å². The highest BCUT2D eigenvalue weighted by Gasteiger charge is 2.08. The Labute approximate surface area is 139 Å². The Morgan fingerprint density at radius 1 is 1.00 bits per heavy atom. The Kier molecular flexibility index (Phi) is 4.19. The predicted molar refractivity (Wildman–Crippen MR) is 99.6 cm³/mol. The van der Waals surface area contributed by atoms with Gasteiger partial charge in [0.2, 0.25) is 0 Å². The molecule has 1 aromatic heterocycles. The molecule has 0 unspecified atom stereocenters. The van der Waals surface area contributed by atoms with Crippen molar-refractivity contribution in [2.24, 2.45) is 0 Å². The minimum atomic E-state index is 1.03. The van der Waals surface area contributed by atoms with Gasteiger partial charge in [-0.2, -0.15) is 0 Å². The molecule has 108 valence electrons. The van der Waals surface area contributed by atoms with Gasteiger partial charge in [0, 0.05) is 34.2 Å². The van der Waals surface area contributed by atoms with E-state index in [4.69, 9.17) is 0 Å². The Morgan fingerprint density at radius 3 is 2.52 bits per heavy atom. The van der Waals surface area contributed by atoms with Crippen molar-refractivity contribution in [1.29, 1.82) is 0 Å². The summed E-state index contributed by atoms with van der Waals surface area (Å²) in [5, 5.41) is 1.28. The molecule has 3 heteroatoms. The molecule has 0 N–H and O–H groups in total. The summed E-state index contributed by atoms with van der Waals surface area (Å²) in [6.07, 6.45) is 2.15. The Bertz CT molecular complexity index is 757. The normalized spacial score (nSPS) is 11.0. The number of hydrogen-bond donors (Lipinski definition) is 0. The summed E-state index contributed by atoms with van der Waals surface area (Å²) in [6, 6.07) is 17.5. The third kappa shape index (κ3) is 2.79. The molecule has 0 amide bonds. The van der Waals surface area contributed by atoms with Crippen LogP contribution in [0.25, 0.3) is 16.6 Å². The van der Waals surface area contributed by atoms with Crippen molar-refractivity contribution in [2.45, 2.75) is 13.8 Å². The van der Waals surface area contributed by atoms with Crippen LogP contribution in [0.1, 0.15) is 13.8 Å². The summed E-state index contributed by atoms with van der Waals surface area (Å²) in [5.41, 5.74) is 3.77. The van der Waals surface area contributed by atoms with Crippen LogP contribution in [0, 0.1) is 3.57 Å². The average molecular weight is 390 g/mol. The standard InChI is InChI=1S/C18H19IN2/c1-3-20(4-2)16-11-15(19)12-17(13-16)21-10-9-14-7-5-6-8-18(14)21/h5-13H,3-4H2,1-2H3. The number of rotatable bonds is 4. The SMILES string of the molecule is CCN(CC)c1cc(I)cc(-n2ccc3ccccc32)c1. The van der Waals surface area contributed by atoms with Crippen LogP contribution in [0.5, 0.6) is 0 Å². The summed E-state index contributed by atoms with van der Waals surface area (Å²) in [5.74, 6) is 0. The van der Waals surface area contributed by atoms with Crippen molar-refractivity contribution in [3.05, 3.63) is 58.3 Å². The van der Waals surface area contributed by atoms with Crippen molar-refractivity contribution in [3.8, 4) is 5.69 Å². The summed E-state index contributed by atoms with van der Waals surface area (Å²) in [4.78, 5) is 2.39. The molecule has 0 atom stereocenters. The maximum absolute atomic E-state index is 2.41. The van der Waals surface area contributed by atoms with Gasteiger partial charge in [0.1, 0.15) is 0 Å². The predicted octanol–water partition coefficient (Wildman–Crippen LogP) is 5.08. The van der Waals surface area contributed by atoms with Gasteiger partial charge in [0.25, 0.3) is 0 Å². The molecule has 21 heavy (non-hydrogen) atoms. The highest BCUT2D eigenvalue weighted by atomic mass is 127. The molecule has 0 aliphatic carbocycles. The van der Waals surface area contributed by atoms with Gasteiger partial charge in [-0.1, -0.05) is 18.2 Å². The van der Waals surface area contributed by atoms with Gasteiger partial charge >= 0.3 is 0 Å². The molecule has 0 saturated carbocycles. The van der Waals surface area contributed by atoms with Crippen LogP contribution in [0.3, 0.4) is 0 Å². The van der Waals surface area contributed by atoms with Gasteiger partial charge < -0.3 is 9.47 Å². The molecule has 3 rings (SSSR count). The summed E-state index contributed by atoms with van der Waals surface area (Å²) >= 11 is 2.41. The molecule has 2 aromatic carbocycles. The molecule has 0 aliphatic heterocycles. The number of halogens is 1. The second kappa shape index (κ2) is 6.10. The van der Waals surface area contributed by atoms with E-state index in [1.54, 1.807) is 0 Å². The van der Waals surface area contributed by atoms with Crippen molar-refractivity contribution in [3.63, 3.8) is 0 Å². The van der Waals surface area contributed by atoms with Gasteiger partial charge in [-0.25, -0.2) is 0 Å². The lowest BCUT2D eigenvalue weighted by Crippen LogP contribution is -2.22. The minimum absolute atomic E-state index is 1.03. The van der Waals surface area contributed by atoms with Crippen LogP contribution < -0.4 is 4.90 Å². The van der Waals surface area contributed by atoms with Crippen LogP contribution in [0.4, 0.5) is 5.69 Å². The number of anilines is 1. The third-order valence-corrected chi connectivity index (χ3v) is 4.50. The van der Waals surface area contributed by atoms with E-state index in [1.807, 2.05) is 0 Å². The van der Waals surface area contributed by atoms with Crippen LogP contribution in [-0.4, -0.2) is 17.7 Å². The Morgan fingerprint density at radius 2 is 1.76 bits per heavy atom. The number of nitrogens with zero attached hydrogens (tertiary/aromatic N) is 2. The van der Waals surface area contributed by atoms with Crippen molar-refractivity contribution in [2.75, 3.05) is 18.0 Å². The first-order valence-corrected chi connectivity index (χ1v) is 8.42. The van der Waals surface area contributed by atoms with Gasteiger partial charge in [-0.05, 0) is 72.2 Å². The monoisotopic (exact) mass is 390 g/mol. The molecule has 0 saturated heterocycles. The zero-order valence-electron chi connectivity index (χ0n) is 12.4. The van der Waals surface area contributed by atoms with Gasteiger partial charge in [0.05, 0.1) is 5.52 Å². The molecule has 2 nitrogen and oxygen atoms in total. The first-order chi connectivity index (χ1) is 10.2. The second-order valence-corrected chi connectivity index (χ2v) is 6.33. The van der Waals surface area contributed by atoms with Gasteiger partial charge in [0.15, 0.2) is 0 Å². The first kappa shape index (κ1) is 14.4. The lowest BCUT2D eigenvalue weighted by Gasteiger charge is -2.22. The van der Waals surface area contributed by atoms with Crippen molar-refractivity contribution >= 4 is 39.2 Å². The number of aromatic nitrogens is 1. The van der Waals surface area contributed by atoms with E-state index in [0.717, 1.165) is 13.1 Å². The molecule has 0 fully saturated rings. The number of fused-ring (bicyclic) bond motifs is 1. The van der Waals surface area contributed by atoms with E-state index in [0.29, 0.717) is 0 Å². The zero-order chi connectivity index (χ0) is 14.8. The maximum Gasteiger partial charge on any atom is 0.0528 e. The van der Waals surface area contributed by atoms with E-state index >= 15 is 0 Å². The molecule has 0 radical (unpaired) electrons. The Balaban J connectivity index is 2.14. The highest BCUT2D eigenvalue weighted by Crippen LogP contribution is 2.26. The van der Waals surface area contributed by atoms with Crippen LogP contribution in [-0.2, 0) is 0 Å². The third-order valence-electron chi connectivity index (χ3n) is 3.87. The summed E-state index contributed by atoms with van der Waals surface area (Å²) < 4.78 is 3.54. The highest BCUT2D eigenvalue weighted by molar-refractivity contribution is 14.1. The molecule has 0 bridgehead atoms. The van der Waals surface area contributed by atoms with E-state index in [-0.39, 0.29) is 0 Å². The Hall–Kier alpha value is -1.49. The molecular weight excluding hydrogens is 371 g/mol. The van der Waals surface area contributed by atoms with Crippen molar-refractivity contribution in [1.82, 2.24) is 4.57 Å². The smallest absolute Gasteiger partial charge is 0.0528 e. The lowest BCUT2D eigenvalue weighted by atomic mass is 10.2. The summed E-state index contributed by atoms with van der Waals surface area (Å²) in [6.45, 7) is 6.47. The lowest BCUT2D eigenvalue weighted by molar-refractivity contribution is 0.864. The average Bonchev–Trinajstić information content (AvgIpc) is 2.92. The van der Waals surface area contributed by atoms with E-state index < -0.39 is 0 Å². The number of para-hydroxylation sites is 1. The van der Waals surface area contributed by atoms with Gasteiger partial charge in [-0.15, -0.1) is 0 Å². The molecule has 1 heterocycles. The maximum atomic E-state index is 2.41. The van der Waals surface area contributed by atoms with Crippen LogP contribution >= 0.6 is 22.6 Å². The second-order valence-electron chi connectivity index (χ2n) is 5.08. The fraction of sp³-hybridized carbons (Fsp3) is 0.222. The van der Waals surface area contributed by atoms with Gasteiger partial charge in [-0.3, -0.25) is 0 Å². The molecule has 0 aliphatic rings. The first-order valence-electron chi connectivity index (χ1n) is 7.35. The van der Waals surface area contributed by atoms with Crippen molar-refractivity contribution < 1.29 is 0 Å². The minimum Gasteiger partial charge on any atom is -0.372 e. The number of benzene rings is 2. The van der Waals surface area contributed by atoms with Crippen LogP contribution in [0.15, 0.2) is 54.7 Å². The number of hydrogen-bond acceptors (Lipinski definition) is 1. The largest absolute Gasteiger partial charge is 0.372 e. The summed E-state index contributed by atoms with van der Waals surface area (Å²) in [7, 11) is 0. The zero-order valence-corrected chi connectivity index (χ0v) is 14.5. The fourth-order valence-electron chi connectivity index (χ4n) is 2.78. The van der Waals surface area contributed by atoms with E-state index in [1.165, 1.54) is 25.8 Å². The quantitative estimate of drug-likeness (QED) is 0.564. The van der Waals surface area contributed by atoms with E-state index in [2.05, 4.69) is 101 Å². The molecule has 0 spiro atoms. The van der Waals surface area contributed by atoms with Crippen LogP contribution in [0.2, 0.25) is 0 Å². The topological polar surface area (TPSA) is 8.17 Å². The molecular formula is C18H19IN2.